The number of benzene rings is 1. The summed E-state index contributed by atoms with van der Waals surface area (Å²) in [4.78, 5) is 11.6. The summed E-state index contributed by atoms with van der Waals surface area (Å²) in [6, 6.07) is 3.46. The highest BCUT2D eigenvalue weighted by atomic mass is 32.2. The molecule has 132 valence electrons. The highest BCUT2D eigenvalue weighted by Crippen LogP contribution is 2.34. The van der Waals surface area contributed by atoms with E-state index < -0.39 is 21.7 Å². The minimum atomic E-state index is -3.59. The Hall–Kier alpha value is -1.80. The van der Waals surface area contributed by atoms with E-state index in [0.29, 0.717) is 54.2 Å². The van der Waals surface area contributed by atoms with Crippen LogP contribution in [0.15, 0.2) is 17.0 Å². The third kappa shape index (κ3) is 2.84. The van der Waals surface area contributed by atoms with Crippen LogP contribution in [-0.2, 0) is 14.8 Å². The maximum absolute atomic E-state index is 13.1. The van der Waals surface area contributed by atoms with Crippen molar-refractivity contribution in [1.29, 1.82) is 0 Å². The van der Waals surface area contributed by atoms with Crippen LogP contribution in [0.2, 0.25) is 0 Å². The van der Waals surface area contributed by atoms with Crippen LogP contribution >= 0.6 is 0 Å². The quantitative estimate of drug-likeness (QED) is 0.891. The molecule has 1 N–H and O–H groups in total. The molecule has 0 saturated carbocycles. The molecule has 0 atom stereocenters. The maximum atomic E-state index is 13.1. The molecule has 2 aliphatic heterocycles. The van der Waals surface area contributed by atoms with Crippen molar-refractivity contribution in [3.63, 3.8) is 0 Å². The van der Waals surface area contributed by atoms with Gasteiger partial charge in [0.25, 0.3) is 0 Å². The number of carbonyl (C=O) groups is 1. The van der Waals surface area contributed by atoms with E-state index in [1.165, 1.54) is 4.31 Å². The first-order chi connectivity index (χ1) is 11.3. The van der Waals surface area contributed by atoms with Gasteiger partial charge in [0.1, 0.15) is 11.4 Å². The van der Waals surface area contributed by atoms with Gasteiger partial charge < -0.3 is 14.8 Å². The lowest BCUT2D eigenvalue weighted by Gasteiger charge is -2.36. The molecule has 0 radical (unpaired) electrons. The zero-order valence-corrected chi connectivity index (χ0v) is 14.9. The number of nitrogens with zero attached hydrogens (tertiary/aromatic N) is 1. The molecule has 7 nitrogen and oxygen atoms in total. The number of sulfonamides is 1. The van der Waals surface area contributed by atoms with E-state index in [2.05, 4.69) is 5.32 Å². The number of nitrogens with one attached hydrogen (secondary N) is 1. The van der Waals surface area contributed by atoms with Crippen LogP contribution in [0.5, 0.6) is 5.75 Å². The van der Waals surface area contributed by atoms with E-state index in [1.807, 2.05) is 0 Å². The van der Waals surface area contributed by atoms with Crippen LogP contribution in [0.3, 0.4) is 0 Å². The van der Waals surface area contributed by atoms with Crippen molar-refractivity contribution in [2.75, 3.05) is 26.7 Å². The molecule has 0 aliphatic carbocycles. The van der Waals surface area contributed by atoms with Crippen molar-refractivity contribution >= 4 is 16.1 Å². The van der Waals surface area contributed by atoms with Crippen LogP contribution in [0.1, 0.15) is 24.0 Å². The summed E-state index contributed by atoms with van der Waals surface area (Å²) in [5.41, 5.74) is 0.773. The normalized spacial score (nSPS) is 20.7. The summed E-state index contributed by atoms with van der Waals surface area (Å²) in [6.07, 6.45) is 0.575. The smallest absolute Gasteiger partial charge is 0.407 e. The molecule has 1 spiro atoms. The first-order valence-corrected chi connectivity index (χ1v) is 9.34. The predicted molar refractivity (Wildman–Crippen MR) is 87.7 cm³/mol. The van der Waals surface area contributed by atoms with E-state index in [9.17, 15) is 13.2 Å². The van der Waals surface area contributed by atoms with Crippen molar-refractivity contribution in [2.45, 2.75) is 37.2 Å². The van der Waals surface area contributed by atoms with E-state index in [0.717, 1.165) is 0 Å². The van der Waals surface area contributed by atoms with E-state index in [1.54, 1.807) is 33.1 Å². The summed E-state index contributed by atoms with van der Waals surface area (Å²) >= 11 is 0. The fraction of sp³-hybridized carbons (Fsp3) is 0.562. The maximum Gasteiger partial charge on any atom is 0.407 e. The molecule has 2 heterocycles. The first-order valence-electron chi connectivity index (χ1n) is 7.90. The molecule has 24 heavy (non-hydrogen) atoms. The van der Waals surface area contributed by atoms with Gasteiger partial charge in [-0.25, -0.2) is 13.2 Å². The molecular formula is C16H22N2O5S. The summed E-state index contributed by atoms with van der Waals surface area (Å²) < 4.78 is 38.1. The van der Waals surface area contributed by atoms with Gasteiger partial charge >= 0.3 is 6.09 Å². The largest absolute Gasteiger partial charge is 0.497 e. The Morgan fingerprint density at radius 1 is 1.21 bits per heavy atom. The second-order valence-electron chi connectivity index (χ2n) is 6.42. The Labute approximate surface area is 142 Å². The Kier molecular flexibility index (Phi) is 4.21. The summed E-state index contributed by atoms with van der Waals surface area (Å²) in [5, 5.41) is 2.65. The van der Waals surface area contributed by atoms with Crippen LogP contribution in [0.25, 0.3) is 0 Å². The molecule has 3 rings (SSSR count). The Morgan fingerprint density at radius 2 is 1.79 bits per heavy atom. The number of carbonyl (C=O) groups excluding carboxylic acids is 1. The molecule has 0 bridgehead atoms. The molecule has 8 heteroatoms. The van der Waals surface area contributed by atoms with Gasteiger partial charge in [-0.15, -0.1) is 0 Å². The topological polar surface area (TPSA) is 84.9 Å². The highest BCUT2D eigenvalue weighted by molar-refractivity contribution is 7.89. The van der Waals surface area contributed by atoms with Crippen molar-refractivity contribution in [2.24, 2.45) is 0 Å². The molecule has 0 unspecified atom stereocenters. The molecule has 2 aliphatic rings. The number of amides is 1. The lowest BCUT2D eigenvalue weighted by molar-refractivity contribution is 0.0173. The van der Waals surface area contributed by atoms with Crippen LogP contribution < -0.4 is 10.1 Å². The second-order valence-corrected chi connectivity index (χ2v) is 8.30. The zero-order chi connectivity index (χ0) is 17.5. The van der Waals surface area contributed by atoms with Crippen molar-refractivity contribution in [3.8, 4) is 5.75 Å². The third-order valence-corrected chi connectivity index (χ3v) is 6.97. The molecule has 1 aromatic carbocycles. The average Bonchev–Trinajstić information content (AvgIpc) is 2.87. The number of hydrogen-bond donors (Lipinski definition) is 1. The Balaban J connectivity index is 1.84. The summed E-state index contributed by atoms with van der Waals surface area (Å²) in [6.45, 7) is 4.66. The molecule has 2 fully saturated rings. The van der Waals surface area contributed by atoms with Gasteiger partial charge in [0.05, 0.1) is 18.6 Å². The zero-order valence-electron chi connectivity index (χ0n) is 14.1. The Morgan fingerprint density at radius 3 is 2.25 bits per heavy atom. The van der Waals surface area contributed by atoms with E-state index in [4.69, 9.17) is 9.47 Å². The number of methoxy groups -OCH3 is 1. The molecule has 2 saturated heterocycles. The molecule has 0 aromatic heterocycles. The van der Waals surface area contributed by atoms with Gasteiger partial charge in [0.2, 0.25) is 10.0 Å². The Bertz CT molecular complexity index is 744. The number of piperidine rings is 1. The second kappa shape index (κ2) is 5.93. The third-order valence-electron chi connectivity index (χ3n) is 4.77. The fourth-order valence-electron chi connectivity index (χ4n) is 3.48. The van der Waals surface area contributed by atoms with Crippen molar-refractivity contribution in [3.05, 3.63) is 23.3 Å². The molecule has 1 amide bonds. The lowest BCUT2D eigenvalue weighted by atomic mass is 9.93. The van der Waals surface area contributed by atoms with Gasteiger partial charge in [-0.05, 0) is 37.1 Å². The number of alkyl carbamates (subject to hydrolysis) is 1. The minimum absolute atomic E-state index is 0.334. The highest BCUT2D eigenvalue weighted by Gasteiger charge is 2.45. The van der Waals surface area contributed by atoms with Crippen LogP contribution in [-0.4, -0.2) is 51.2 Å². The SMILES string of the molecule is COc1cc(C)c(S(=O)(=O)N2CCC3(CC2)CNC(=O)O3)c(C)c1. The van der Waals surface area contributed by atoms with Gasteiger partial charge in [-0.2, -0.15) is 4.31 Å². The van der Waals surface area contributed by atoms with Gasteiger partial charge in [-0.3, -0.25) is 0 Å². The molecular weight excluding hydrogens is 332 g/mol. The summed E-state index contributed by atoms with van der Waals surface area (Å²) in [7, 11) is -2.03. The lowest BCUT2D eigenvalue weighted by Crippen LogP contribution is -2.48. The number of rotatable bonds is 3. The molecule has 1 aromatic rings. The minimum Gasteiger partial charge on any atom is -0.497 e. The fourth-order valence-corrected chi connectivity index (χ4v) is 5.33. The predicted octanol–water partition coefficient (Wildman–Crippen LogP) is 1.58. The monoisotopic (exact) mass is 354 g/mol. The average molecular weight is 354 g/mol. The van der Waals surface area contributed by atoms with Crippen LogP contribution in [0.4, 0.5) is 4.79 Å². The van der Waals surface area contributed by atoms with E-state index in [-0.39, 0.29) is 0 Å². The first kappa shape index (κ1) is 17.0. The summed E-state index contributed by atoms with van der Waals surface area (Å²) in [5.74, 6) is 0.644. The number of aryl methyl sites for hydroxylation is 2. The van der Waals surface area contributed by atoms with E-state index >= 15 is 0 Å². The van der Waals surface area contributed by atoms with Gasteiger partial charge in [0, 0.05) is 25.9 Å². The van der Waals surface area contributed by atoms with Crippen molar-refractivity contribution < 1.29 is 22.7 Å². The van der Waals surface area contributed by atoms with Gasteiger partial charge in [0.15, 0.2) is 0 Å². The van der Waals surface area contributed by atoms with Crippen LogP contribution in [0, 0.1) is 13.8 Å². The number of hydrogen-bond acceptors (Lipinski definition) is 5. The van der Waals surface area contributed by atoms with Crippen molar-refractivity contribution in [1.82, 2.24) is 9.62 Å². The standard InChI is InChI=1S/C16H22N2O5S/c1-11-8-13(22-3)9-12(2)14(11)24(20,21)18-6-4-16(5-7-18)10-17-15(19)23-16/h8-9H,4-7,10H2,1-3H3,(H,17,19). The van der Waals surface area contributed by atoms with Gasteiger partial charge in [-0.1, -0.05) is 0 Å². The number of ether oxygens (including phenoxy) is 2.